The number of benzene rings is 1. The highest BCUT2D eigenvalue weighted by Crippen LogP contribution is 2.31. The minimum atomic E-state index is 0.0103. The third-order valence-electron chi connectivity index (χ3n) is 5.33. The number of ether oxygens (including phenoxy) is 1. The molecule has 1 aromatic carbocycles. The minimum absolute atomic E-state index is 0.0103. The molecule has 1 saturated carbocycles. The lowest BCUT2D eigenvalue weighted by Crippen LogP contribution is -2.30. The van der Waals surface area contributed by atoms with Crippen LogP contribution in [0.15, 0.2) is 40.8 Å². The third kappa shape index (κ3) is 3.27. The number of aryl methyl sites for hydroxylation is 1. The monoisotopic (exact) mass is 369 g/mol. The van der Waals surface area contributed by atoms with Crippen molar-refractivity contribution >= 4 is 27.9 Å². The number of rotatable bonds is 4. The van der Waals surface area contributed by atoms with Crippen LogP contribution in [0.2, 0.25) is 0 Å². The van der Waals surface area contributed by atoms with E-state index in [1.54, 1.807) is 29.1 Å². The lowest BCUT2D eigenvalue weighted by Gasteiger charge is -2.29. The molecule has 0 bridgehead atoms. The van der Waals surface area contributed by atoms with E-state index in [4.69, 9.17) is 4.74 Å². The van der Waals surface area contributed by atoms with Gasteiger partial charge in [0.15, 0.2) is 0 Å². The first-order valence-electron chi connectivity index (χ1n) is 8.97. The average Bonchev–Trinajstić information content (AvgIpc) is 3.21. The van der Waals surface area contributed by atoms with Crippen LogP contribution in [0.5, 0.6) is 0 Å². The number of anilines is 1. The molecule has 2 aromatic heterocycles. The third-order valence-corrected chi connectivity index (χ3v) is 6.15. The Balaban J connectivity index is 1.72. The molecule has 136 valence electrons. The molecule has 3 aromatic rings. The van der Waals surface area contributed by atoms with Crippen molar-refractivity contribution in [2.45, 2.75) is 37.8 Å². The smallest absolute Gasteiger partial charge is 0.252 e. The van der Waals surface area contributed by atoms with E-state index in [9.17, 15) is 4.79 Å². The van der Waals surface area contributed by atoms with Gasteiger partial charge in [-0.25, -0.2) is 0 Å². The normalized spacial score (nSPS) is 20.4. The van der Waals surface area contributed by atoms with Crippen molar-refractivity contribution < 1.29 is 4.74 Å². The molecule has 1 aliphatic rings. The molecule has 2 heterocycles. The number of nitrogens with zero attached hydrogens (tertiary/aromatic N) is 2. The van der Waals surface area contributed by atoms with Gasteiger partial charge in [-0.3, -0.25) is 9.78 Å². The Labute approximate surface area is 156 Å². The van der Waals surface area contributed by atoms with Crippen LogP contribution in [0.1, 0.15) is 25.7 Å². The van der Waals surface area contributed by atoms with Crippen molar-refractivity contribution in [2.75, 3.05) is 12.4 Å². The van der Waals surface area contributed by atoms with Gasteiger partial charge in [0.2, 0.25) is 0 Å². The maximum absolute atomic E-state index is 12.4. The maximum atomic E-state index is 12.4. The van der Waals surface area contributed by atoms with Crippen LogP contribution >= 0.6 is 11.3 Å². The average molecular weight is 369 g/mol. The zero-order valence-corrected chi connectivity index (χ0v) is 15.9. The van der Waals surface area contributed by atoms with Gasteiger partial charge in [-0.05, 0) is 43.4 Å². The molecule has 26 heavy (non-hydrogen) atoms. The van der Waals surface area contributed by atoms with Gasteiger partial charge < -0.3 is 14.6 Å². The molecule has 0 radical (unpaired) electrons. The Bertz CT molecular complexity index is 957. The predicted octanol–water partition coefficient (Wildman–Crippen LogP) is 4.03. The summed E-state index contributed by atoms with van der Waals surface area (Å²) >= 11 is 1.62. The van der Waals surface area contributed by atoms with E-state index in [-0.39, 0.29) is 5.56 Å². The van der Waals surface area contributed by atoms with E-state index >= 15 is 0 Å². The summed E-state index contributed by atoms with van der Waals surface area (Å²) in [5, 5.41) is 4.70. The van der Waals surface area contributed by atoms with Crippen molar-refractivity contribution in [1.29, 1.82) is 0 Å². The number of nitrogens with one attached hydrogen (secondary N) is 1. The first kappa shape index (κ1) is 17.2. The van der Waals surface area contributed by atoms with Crippen molar-refractivity contribution in [2.24, 2.45) is 7.05 Å². The fourth-order valence-electron chi connectivity index (χ4n) is 3.75. The first-order chi connectivity index (χ1) is 12.7. The summed E-state index contributed by atoms with van der Waals surface area (Å²) in [6.45, 7) is 0. The lowest BCUT2D eigenvalue weighted by molar-refractivity contribution is 0.0682. The van der Waals surface area contributed by atoms with Crippen LogP contribution in [0, 0.1) is 0 Å². The van der Waals surface area contributed by atoms with Gasteiger partial charge in [-0.2, -0.15) is 0 Å². The standard InChI is InChI=1S/C20H23N3O2S/c1-23-18-8-3-13(19-11-21-12-26-19)9-16(18)17(10-20(23)24)22-14-4-6-15(25-2)7-5-14/h3,8-12,14-15,22H,4-7H2,1-2H3. The summed E-state index contributed by atoms with van der Waals surface area (Å²) in [6, 6.07) is 8.35. The van der Waals surface area contributed by atoms with Crippen molar-refractivity contribution in [3.8, 4) is 10.4 Å². The molecule has 1 N–H and O–H groups in total. The molecule has 1 aliphatic carbocycles. The van der Waals surface area contributed by atoms with Gasteiger partial charge in [0.25, 0.3) is 5.56 Å². The van der Waals surface area contributed by atoms with E-state index in [0.29, 0.717) is 12.1 Å². The fourth-order valence-corrected chi connectivity index (χ4v) is 4.37. The van der Waals surface area contributed by atoms with Crippen molar-refractivity contribution in [3.05, 3.63) is 46.3 Å². The van der Waals surface area contributed by atoms with E-state index < -0.39 is 0 Å². The highest BCUT2D eigenvalue weighted by atomic mass is 32.1. The Morgan fingerprint density at radius 2 is 2.04 bits per heavy atom. The molecule has 0 saturated heterocycles. The van der Waals surface area contributed by atoms with E-state index in [1.165, 1.54) is 0 Å². The summed E-state index contributed by atoms with van der Waals surface area (Å²) < 4.78 is 7.17. The van der Waals surface area contributed by atoms with Gasteiger partial charge in [-0.15, -0.1) is 11.3 Å². The van der Waals surface area contributed by atoms with Crippen LogP contribution in [0.3, 0.4) is 0 Å². The zero-order chi connectivity index (χ0) is 18.1. The molecule has 6 heteroatoms. The Morgan fingerprint density at radius 3 is 2.73 bits per heavy atom. The Kier molecular flexibility index (Phi) is 4.78. The molecular formula is C20H23N3O2S. The number of thiazole rings is 1. The molecule has 0 atom stereocenters. The number of methoxy groups -OCH3 is 1. The molecule has 0 amide bonds. The zero-order valence-electron chi connectivity index (χ0n) is 15.1. The van der Waals surface area contributed by atoms with E-state index in [0.717, 1.165) is 52.7 Å². The number of pyridine rings is 1. The predicted molar refractivity (Wildman–Crippen MR) is 107 cm³/mol. The van der Waals surface area contributed by atoms with Gasteiger partial charge in [0.1, 0.15) is 0 Å². The molecule has 0 spiro atoms. The van der Waals surface area contributed by atoms with Crippen LogP contribution in [0.4, 0.5) is 5.69 Å². The number of fused-ring (bicyclic) bond motifs is 1. The lowest BCUT2D eigenvalue weighted by atomic mass is 9.92. The molecule has 1 fully saturated rings. The highest BCUT2D eigenvalue weighted by Gasteiger charge is 2.21. The first-order valence-corrected chi connectivity index (χ1v) is 9.85. The number of hydrogen-bond donors (Lipinski definition) is 1. The summed E-state index contributed by atoms with van der Waals surface area (Å²) in [5.74, 6) is 0. The van der Waals surface area contributed by atoms with Crippen LogP contribution in [0.25, 0.3) is 21.3 Å². The SMILES string of the molecule is COC1CCC(Nc2cc(=O)n(C)c3ccc(-c4cncs4)cc23)CC1. The van der Waals surface area contributed by atoms with Gasteiger partial charge in [0, 0.05) is 43.5 Å². The summed E-state index contributed by atoms with van der Waals surface area (Å²) in [4.78, 5) is 17.7. The summed E-state index contributed by atoms with van der Waals surface area (Å²) in [5.41, 5.74) is 4.85. The molecule has 0 unspecified atom stereocenters. The Morgan fingerprint density at radius 1 is 1.23 bits per heavy atom. The fraction of sp³-hybridized carbons (Fsp3) is 0.400. The maximum Gasteiger partial charge on any atom is 0.252 e. The molecule has 0 aliphatic heterocycles. The largest absolute Gasteiger partial charge is 0.382 e. The second-order valence-corrected chi connectivity index (χ2v) is 7.79. The van der Waals surface area contributed by atoms with Gasteiger partial charge in [-0.1, -0.05) is 6.07 Å². The number of aromatic nitrogens is 2. The van der Waals surface area contributed by atoms with E-state index in [2.05, 4.69) is 22.4 Å². The minimum Gasteiger partial charge on any atom is -0.382 e. The second-order valence-electron chi connectivity index (χ2n) is 6.91. The quantitative estimate of drug-likeness (QED) is 0.754. The summed E-state index contributed by atoms with van der Waals surface area (Å²) in [7, 11) is 3.61. The van der Waals surface area contributed by atoms with E-state index in [1.807, 2.05) is 24.8 Å². The molecule has 4 rings (SSSR count). The van der Waals surface area contributed by atoms with Gasteiger partial charge in [0.05, 0.1) is 22.0 Å². The summed E-state index contributed by atoms with van der Waals surface area (Å²) in [6.07, 6.45) is 6.48. The molecule has 5 nitrogen and oxygen atoms in total. The van der Waals surface area contributed by atoms with Crippen LogP contribution < -0.4 is 10.9 Å². The van der Waals surface area contributed by atoms with Crippen molar-refractivity contribution in [1.82, 2.24) is 9.55 Å². The van der Waals surface area contributed by atoms with Crippen LogP contribution in [-0.2, 0) is 11.8 Å². The van der Waals surface area contributed by atoms with Crippen molar-refractivity contribution in [3.63, 3.8) is 0 Å². The highest BCUT2D eigenvalue weighted by molar-refractivity contribution is 7.13. The Hall–Kier alpha value is -2.18. The molecular weight excluding hydrogens is 346 g/mol. The topological polar surface area (TPSA) is 56.1 Å². The number of hydrogen-bond acceptors (Lipinski definition) is 5. The second kappa shape index (κ2) is 7.21. The van der Waals surface area contributed by atoms with Gasteiger partial charge >= 0.3 is 0 Å². The van der Waals surface area contributed by atoms with Crippen LogP contribution in [-0.4, -0.2) is 28.8 Å².